The minimum absolute atomic E-state index is 0.0428. The predicted octanol–water partition coefficient (Wildman–Crippen LogP) is 2.77. The highest BCUT2D eigenvalue weighted by molar-refractivity contribution is 5.87. The third kappa shape index (κ3) is 3.01. The Kier molecular flexibility index (Phi) is 3.89. The Bertz CT molecular complexity index is 460. The molecule has 0 heterocycles. The van der Waals surface area contributed by atoms with Gasteiger partial charge in [0, 0.05) is 12.5 Å². The minimum atomic E-state index is -0.317. The number of nitrogens with one attached hydrogen (secondary N) is 2. The molecule has 2 amide bonds. The number of carbonyl (C=O) groups excluding carboxylic acids is 2. The monoisotopic (exact) mass is 318 g/mol. The van der Waals surface area contributed by atoms with E-state index in [0.717, 1.165) is 30.6 Å². The van der Waals surface area contributed by atoms with Gasteiger partial charge in [-0.3, -0.25) is 9.59 Å². The SMILES string of the molecule is CC(=O)NC(C(=O)NC12CC3CC(CC(C3)C1)C2)C1CCCC1. The normalized spacial score (nSPS) is 40.1. The van der Waals surface area contributed by atoms with Crippen molar-refractivity contribution in [3.63, 3.8) is 0 Å². The molecule has 5 aliphatic carbocycles. The van der Waals surface area contributed by atoms with Gasteiger partial charge in [0.05, 0.1) is 0 Å². The van der Waals surface area contributed by atoms with Crippen molar-refractivity contribution in [2.75, 3.05) is 0 Å². The van der Waals surface area contributed by atoms with Crippen LogP contribution in [0.2, 0.25) is 0 Å². The van der Waals surface area contributed by atoms with Gasteiger partial charge in [-0.25, -0.2) is 0 Å². The fourth-order valence-electron chi connectivity index (χ4n) is 6.51. The standard InChI is InChI=1S/C19H30N2O2/c1-12(22)20-17(16-4-2-3-5-16)18(23)21-19-9-13-6-14(10-19)8-15(7-13)11-19/h13-17H,2-11H2,1H3,(H,20,22)(H,21,23). The molecule has 128 valence electrons. The second kappa shape index (κ2) is 5.78. The zero-order valence-corrected chi connectivity index (χ0v) is 14.3. The summed E-state index contributed by atoms with van der Waals surface area (Å²) in [7, 11) is 0. The number of carbonyl (C=O) groups is 2. The first-order valence-electron chi connectivity index (χ1n) is 9.62. The van der Waals surface area contributed by atoms with E-state index in [1.165, 1.54) is 58.3 Å². The molecule has 5 fully saturated rings. The minimum Gasteiger partial charge on any atom is -0.349 e. The highest BCUT2D eigenvalue weighted by Crippen LogP contribution is 2.55. The third-order valence-corrected chi connectivity index (χ3v) is 6.94. The maximum Gasteiger partial charge on any atom is 0.243 e. The van der Waals surface area contributed by atoms with Gasteiger partial charge in [0.15, 0.2) is 0 Å². The quantitative estimate of drug-likeness (QED) is 0.837. The maximum absolute atomic E-state index is 13.0. The summed E-state index contributed by atoms with van der Waals surface area (Å²) >= 11 is 0. The van der Waals surface area contributed by atoms with Gasteiger partial charge in [0.2, 0.25) is 11.8 Å². The van der Waals surface area contributed by atoms with Crippen LogP contribution in [0, 0.1) is 23.7 Å². The zero-order chi connectivity index (χ0) is 16.0. The average molecular weight is 318 g/mol. The van der Waals surface area contributed by atoms with E-state index in [0.29, 0.717) is 5.92 Å². The van der Waals surface area contributed by atoms with Crippen LogP contribution in [0.5, 0.6) is 0 Å². The molecule has 23 heavy (non-hydrogen) atoms. The summed E-state index contributed by atoms with van der Waals surface area (Å²) < 4.78 is 0. The molecule has 0 aromatic heterocycles. The fraction of sp³-hybridized carbons (Fsp3) is 0.895. The van der Waals surface area contributed by atoms with E-state index in [1.807, 2.05) is 0 Å². The highest BCUT2D eigenvalue weighted by atomic mass is 16.2. The molecule has 5 rings (SSSR count). The van der Waals surface area contributed by atoms with Gasteiger partial charge in [-0.15, -0.1) is 0 Å². The van der Waals surface area contributed by atoms with Crippen LogP contribution in [0.4, 0.5) is 0 Å². The summed E-state index contributed by atoms with van der Waals surface area (Å²) in [4.78, 5) is 24.6. The van der Waals surface area contributed by atoms with E-state index in [1.54, 1.807) is 0 Å². The molecule has 0 spiro atoms. The van der Waals surface area contributed by atoms with Crippen LogP contribution in [-0.4, -0.2) is 23.4 Å². The van der Waals surface area contributed by atoms with Gasteiger partial charge in [0.1, 0.15) is 6.04 Å². The summed E-state index contributed by atoms with van der Waals surface area (Å²) in [5.74, 6) is 2.82. The Hall–Kier alpha value is -1.06. The summed E-state index contributed by atoms with van der Waals surface area (Å²) in [6, 6.07) is -0.317. The van der Waals surface area contributed by atoms with Crippen LogP contribution >= 0.6 is 0 Å². The van der Waals surface area contributed by atoms with Gasteiger partial charge in [-0.1, -0.05) is 12.8 Å². The van der Waals surface area contributed by atoms with Crippen LogP contribution in [0.1, 0.15) is 71.1 Å². The van der Waals surface area contributed by atoms with E-state index in [9.17, 15) is 9.59 Å². The van der Waals surface area contributed by atoms with Crippen LogP contribution in [-0.2, 0) is 9.59 Å². The van der Waals surface area contributed by atoms with Gasteiger partial charge < -0.3 is 10.6 Å². The maximum atomic E-state index is 13.0. The van der Waals surface area contributed by atoms with Crippen molar-refractivity contribution in [2.45, 2.75) is 82.7 Å². The Morgan fingerprint density at radius 1 is 0.957 bits per heavy atom. The molecule has 1 atom stereocenters. The fourth-order valence-corrected chi connectivity index (χ4v) is 6.51. The molecule has 2 N–H and O–H groups in total. The molecule has 4 nitrogen and oxygen atoms in total. The van der Waals surface area contributed by atoms with Crippen LogP contribution in [0.15, 0.2) is 0 Å². The Balaban J connectivity index is 1.47. The van der Waals surface area contributed by atoms with E-state index >= 15 is 0 Å². The number of hydrogen-bond acceptors (Lipinski definition) is 2. The average Bonchev–Trinajstić information content (AvgIpc) is 2.96. The predicted molar refractivity (Wildman–Crippen MR) is 88.6 cm³/mol. The summed E-state index contributed by atoms with van der Waals surface area (Å²) in [5, 5.41) is 6.41. The van der Waals surface area contributed by atoms with Crippen molar-refractivity contribution in [1.82, 2.24) is 10.6 Å². The Morgan fingerprint density at radius 2 is 1.48 bits per heavy atom. The number of hydrogen-bond donors (Lipinski definition) is 2. The molecular formula is C19H30N2O2. The largest absolute Gasteiger partial charge is 0.349 e. The summed E-state index contributed by atoms with van der Waals surface area (Å²) in [6.45, 7) is 1.53. The molecule has 0 aromatic rings. The van der Waals surface area contributed by atoms with Gasteiger partial charge in [-0.2, -0.15) is 0 Å². The number of amides is 2. The van der Waals surface area contributed by atoms with Crippen molar-refractivity contribution in [1.29, 1.82) is 0 Å². The van der Waals surface area contributed by atoms with E-state index in [-0.39, 0.29) is 23.4 Å². The molecule has 0 saturated heterocycles. The zero-order valence-electron chi connectivity index (χ0n) is 14.3. The molecule has 0 radical (unpaired) electrons. The third-order valence-electron chi connectivity index (χ3n) is 6.94. The smallest absolute Gasteiger partial charge is 0.243 e. The molecule has 5 aliphatic rings. The van der Waals surface area contributed by atoms with Gasteiger partial charge in [0.25, 0.3) is 0 Å². The summed E-state index contributed by atoms with van der Waals surface area (Å²) in [5.41, 5.74) is 0.0428. The van der Waals surface area contributed by atoms with Crippen LogP contribution < -0.4 is 10.6 Å². The van der Waals surface area contributed by atoms with Crippen molar-refractivity contribution in [2.24, 2.45) is 23.7 Å². The van der Waals surface area contributed by atoms with E-state index in [2.05, 4.69) is 10.6 Å². The van der Waals surface area contributed by atoms with Crippen molar-refractivity contribution >= 4 is 11.8 Å². The second-order valence-corrected chi connectivity index (χ2v) is 8.91. The van der Waals surface area contributed by atoms with Gasteiger partial charge >= 0.3 is 0 Å². The van der Waals surface area contributed by atoms with E-state index in [4.69, 9.17) is 0 Å². The second-order valence-electron chi connectivity index (χ2n) is 8.91. The Morgan fingerprint density at radius 3 is 1.96 bits per heavy atom. The van der Waals surface area contributed by atoms with Crippen LogP contribution in [0.25, 0.3) is 0 Å². The van der Waals surface area contributed by atoms with E-state index < -0.39 is 0 Å². The van der Waals surface area contributed by atoms with Gasteiger partial charge in [-0.05, 0) is 75.0 Å². The first-order valence-corrected chi connectivity index (χ1v) is 9.62. The Labute approximate surface area is 139 Å². The lowest BCUT2D eigenvalue weighted by atomic mass is 9.53. The molecule has 5 saturated carbocycles. The highest BCUT2D eigenvalue weighted by Gasteiger charge is 2.52. The first-order chi connectivity index (χ1) is 11.0. The molecule has 4 bridgehead atoms. The topological polar surface area (TPSA) is 58.2 Å². The molecule has 0 aromatic carbocycles. The van der Waals surface area contributed by atoms with Crippen molar-refractivity contribution in [3.8, 4) is 0 Å². The molecule has 4 heteroatoms. The number of rotatable bonds is 4. The molecular weight excluding hydrogens is 288 g/mol. The molecule has 0 aliphatic heterocycles. The first kappa shape index (κ1) is 15.5. The molecule has 1 unspecified atom stereocenters. The lowest BCUT2D eigenvalue weighted by Gasteiger charge is -2.57. The summed E-state index contributed by atoms with van der Waals surface area (Å²) in [6.07, 6.45) is 12.2. The van der Waals surface area contributed by atoms with Crippen molar-refractivity contribution in [3.05, 3.63) is 0 Å². The van der Waals surface area contributed by atoms with Crippen molar-refractivity contribution < 1.29 is 9.59 Å². The van der Waals surface area contributed by atoms with Crippen LogP contribution in [0.3, 0.4) is 0 Å². The lowest BCUT2D eigenvalue weighted by Crippen LogP contribution is -2.63. The lowest BCUT2D eigenvalue weighted by molar-refractivity contribution is -0.133.